The number of amides is 1. The molecule has 0 aliphatic carbocycles. The highest BCUT2D eigenvalue weighted by molar-refractivity contribution is 5.77. The van der Waals surface area contributed by atoms with Crippen LogP contribution < -0.4 is 10.1 Å². The zero-order chi connectivity index (χ0) is 17.3. The van der Waals surface area contributed by atoms with Gasteiger partial charge in [0.2, 0.25) is 5.91 Å². The zero-order valence-electron chi connectivity index (χ0n) is 14.4. The maximum Gasteiger partial charge on any atom is 0.234 e. The van der Waals surface area contributed by atoms with E-state index in [2.05, 4.69) is 15.1 Å². The summed E-state index contributed by atoms with van der Waals surface area (Å²) in [5.74, 6) is 1.73. The van der Waals surface area contributed by atoms with E-state index in [4.69, 9.17) is 9.15 Å². The first-order chi connectivity index (χ1) is 12.3. The molecule has 1 aromatic carbocycles. The van der Waals surface area contributed by atoms with Gasteiger partial charge in [0.15, 0.2) is 0 Å². The van der Waals surface area contributed by atoms with Crippen molar-refractivity contribution in [2.75, 3.05) is 45.9 Å². The van der Waals surface area contributed by atoms with Crippen LogP contribution in [0.3, 0.4) is 0 Å². The van der Waals surface area contributed by atoms with Crippen molar-refractivity contribution in [2.45, 2.75) is 6.54 Å². The minimum absolute atomic E-state index is 0.0391. The molecule has 2 heterocycles. The monoisotopic (exact) mass is 343 g/mol. The van der Waals surface area contributed by atoms with Crippen molar-refractivity contribution in [3.63, 3.8) is 0 Å². The fourth-order valence-corrected chi connectivity index (χ4v) is 2.84. The molecule has 1 saturated heterocycles. The third kappa shape index (κ3) is 5.92. The van der Waals surface area contributed by atoms with Crippen LogP contribution in [0.2, 0.25) is 0 Å². The molecule has 0 bridgehead atoms. The predicted molar refractivity (Wildman–Crippen MR) is 95.4 cm³/mol. The molecule has 1 aliphatic rings. The summed E-state index contributed by atoms with van der Waals surface area (Å²) in [6.45, 7) is 6.21. The average molecular weight is 343 g/mol. The van der Waals surface area contributed by atoms with Gasteiger partial charge >= 0.3 is 0 Å². The molecule has 1 aromatic heterocycles. The quantitative estimate of drug-likeness (QED) is 0.789. The standard InChI is InChI=1S/C19H25N3O3/c23-19(20-15-18-7-4-13-24-18)16-22-10-8-21(9-11-22)12-14-25-17-5-2-1-3-6-17/h1-7,13H,8-12,14-16H2,(H,20,23). The number of rotatable bonds is 8. The van der Waals surface area contributed by atoms with E-state index in [0.29, 0.717) is 19.7 Å². The molecular weight excluding hydrogens is 318 g/mol. The summed E-state index contributed by atoms with van der Waals surface area (Å²) >= 11 is 0. The van der Waals surface area contributed by atoms with Crippen LogP contribution in [-0.4, -0.2) is 61.6 Å². The summed E-state index contributed by atoms with van der Waals surface area (Å²) in [5, 5.41) is 2.89. The van der Waals surface area contributed by atoms with E-state index in [1.807, 2.05) is 42.5 Å². The second-order valence-corrected chi connectivity index (χ2v) is 6.14. The smallest absolute Gasteiger partial charge is 0.234 e. The highest BCUT2D eigenvalue weighted by Crippen LogP contribution is 2.08. The number of furan rings is 1. The van der Waals surface area contributed by atoms with Gasteiger partial charge in [-0.05, 0) is 24.3 Å². The first-order valence-electron chi connectivity index (χ1n) is 8.71. The molecule has 1 amide bonds. The van der Waals surface area contributed by atoms with Gasteiger partial charge in [-0.25, -0.2) is 0 Å². The van der Waals surface area contributed by atoms with E-state index in [1.54, 1.807) is 6.26 Å². The zero-order valence-corrected chi connectivity index (χ0v) is 14.4. The van der Waals surface area contributed by atoms with E-state index in [0.717, 1.165) is 44.2 Å². The largest absolute Gasteiger partial charge is 0.492 e. The van der Waals surface area contributed by atoms with Gasteiger partial charge in [-0.2, -0.15) is 0 Å². The van der Waals surface area contributed by atoms with Crippen molar-refractivity contribution in [1.29, 1.82) is 0 Å². The summed E-state index contributed by atoms with van der Waals surface area (Å²) in [6.07, 6.45) is 1.61. The Morgan fingerprint density at radius 3 is 2.52 bits per heavy atom. The van der Waals surface area contributed by atoms with E-state index in [9.17, 15) is 4.79 Å². The van der Waals surface area contributed by atoms with Crippen molar-refractivity contribution in [3.8, 4) is 5.75 Å². The Kier molecular flexibility index (Phi) is 6.48. The topological polar surface area (TPSA) is 58.0 Å². The fourth-order valence-electron chi connectivity index (χ4n) is 2.84. The predicted octanol–water partition coefficient (Wildman–Crippen LogP) is 1.59. The minimum atomic E-state index is 0.0391. The Morgan fingerprint density at radius 2 is 1.80 bits per heavy atom. The third-order valence-corrected chi connectivity index (χ3v) is 4.29. The SMILES string of the molecule is O=C(CN1CCN(CCOc2ccccc2)CC1)NCc1ccco1. The van der Waals surface area contributed by atoms with E-state index >= 15 is 0 Å². The number of carbonyl (C=O) groups excluding carboxylic acids is 1. The van der Waals surface area contributed by atoms with E-state index in [1.165, 1.54) is 0 Å². The van der Waals surface area contributed by atoms with Crippen LogP contribution >= 0.6 is 0 Å². The van der Waals surface area contributed by atoms with E-state index in [-0.39, 0.29) is 5.91 Å². The Hall–Kier alpha value is -2.31. The molecule has 6 nitrogen and oxygen atoms in total. The maximum atomic E-state index is 12.0. The van der Waals surface area contributed by atoms with Crippen LogP contribution in [0.4, 0.5) is 0 Å². The van der Waals surface area contributed by atoms with Crippen molar-refractivity contribution < 1.29 is 13.9 Å². The summed E-state index contributed by atoms with van der Waals surface area (Å²) in [4.78, 5) is 16.6. The summed E-state index contributed by atoms with van der Waals surface area (Å²) < 4.78 is 10.9. The summed E-state index contributed by atoms with van der Waals surface area (Å²) in [7, 11) is 0. The highest BCUT2D eigenvalue weighted by atomic mass is 16.5. The summed E-state index contributed by atoms with van der Waals surface area (Å²) in [5.41, 5.74) is 0. The van der Waals surface area contributed by atoms with E-state index < -0.39 is 0 Å². The summed E-state index contributed by atoms with van der Waals surface area (Å²) in [6, 6.07) is 13.6. The molecule has 1 fully saturated rings. The van der Waals surface area contributed by atoms with Crippen LogP contribution in [0.5, 0.6) is 5.75 Å². The second kappa shape index (κ2) is 9.25. The molecule has 0 radical (unpaired) electrons. The van der Waals surface area contributed by atoms with Gasteiger partial charge < -0.3 is 14.5 Å². The van der Waals surface area contributed by atoms with Crippen molar-refractivity contribution in [2.24, 2.45) is 0 Å². The molecule has 0 atom stereocenters. The molecule has 0 spiro atoms. The number of carbonyl (C=O) groups is 1. The average Bonchev–Trinajstić information content (AvgIpc) is 3.16. The van der Waals surface area contributed by atoms with Gasteiger partial charge in [-0.1, -0.05) is 18.2 Å². The van der Waals surface area contributed by atoms with Gasteiger partial charge in [0.05, 0.1) is 19.4 Å². The number of nitrogens with one attached hydrogen (secondary N) is 1. The lowest BCUT2D eigenvalue weighted by Crippen LogP contribution is -2.50. The van der Waals surface area contributed by atoms with Crippen LogP contribution in [0, 0.1) is 0 Å². The Bertz CT molecular complexity index is 623. The number of hydrogen-bond acceptors (Lipinski definition) is 5. The maximum absolute atomic E-state index is 12.0. The number of nitrogens with zero attached hydrogens (tertiary/aromatic N) is 2. The number of benzene rings is 1. The van der Waals surface area contributed by atoms with Crippen LogP contribution in [0.25, 0.3) is 0 Å². The molecular formula is C19H25N3O3. The molecule has 6 heteroatoms. The molecule has 0 unspecified atom stereocenters. The van der Waals surface area contributed by atoms with Crippen LogP contribution in [0.15, 0.2) is 53.1 Å². The van der Waals surface area contributed by atoms with Crippen molar-refractivity contribution in [1.82, 2.24) is 15.1 Å². The molecule has 2 aromatic rings. The Labute approximate surface area is 148 Å². The Morgan fingerprint density at radius 1 is 1.04 bits per heavy atom. The van der Waals surface area contributed by atoms with Crippen LogP contribution in [-0.2, 0) is 11.3 Å². The molecule has 0 saturated carbocycles. The fraction of sp³-hybridized carbons (Fsp3) is 0.421. The molecule has 134 valence electrons. The molecule has 1 aliphatic heterocycles. The van der Waals surface area contributed by atoms with Gasteiger partial charge in [-0.3, -0.25) is 14.6 Å². The van der Waals surface area contributed by atoms with Gasteiger partial charge in [0.25, 0.3) is 0 Å². The first-order valence-corrected chi connectivity index (χ1v) is 8.71. The van der Waals surface area contributed by atoms with Gasteiger partial charge in [-0.15, -0.1) is 0 Å². The minimum Gasteiger partial charge on any atom is -0.492 e. The molecule has 25 heavy (non-hydrogen) atoms. The lowest BCUT2D eigenvalue weighted by molar-refractivity contribution is -0.122. The van der Waals surface area contributed by atoms with Gasteiger partial charge in [0.1, 0.15) is 18.1 Å². The van der Waals surface area contributed by atoms with Crippen molar-refractivity contribution >= 4 is 5.91 Å². The molecule has 1 N–H and O–H groups in total. The molecule has 3 rings (SSSR count). The van der Waals surface area contributed by atoms with Gasteiger partial charge in [0, 0.05) is 32.7 Å². The second-order valence-electron chi connectivity index (χ2n) is 6.14. The number of hydrogen-bond donors (Lipinski definition) is 1. The Balaban J connectivity index is 1.28. The first kappa shape index (κ1) is 17.5. The van der Waals surface area contributed by atoms with Crippen molar-refractivity contribution in [3.05, 3.63) is 54.5 Å². The number of ether oxygens (including phenoxy) is 1. The highest BCUT2D eigenvalue weighted by Gasteiger charge is 2.18. The lowest BCUT2D eigenvalue weighted by Gasteiger charge is -2.34. The van der Waals surface area contributed by atoms with Crippen LogP contribution in [0.1, 0.15) is 5.76 Å². The number of piperazine rings is 1. The normalized spacial score (nSPS) is 15.8. The lowest BCUT2D eigenvalue weighted by atomic mass is 10.3. The third-order valence-electron chi connectivity index (χ3n) is 4.29. The number of para-hydroxylation sites is 1.